The van der Waals surface area contributed by atoms with E-state index in [-0.39, 0.29) is 42.2 Å². The molecule has 1 aliphatic rings. The van der Waals surface area contributed by atoms with Crippen LogP contribution in [0, 0.1) is 17.2 Å². The van der Waals surface area contributed by atoms with Crippen LogP contribution in [0.3, 0.4) is 0 Å². The standard InChI is InChI=1S/C28H30N4O5S/c1-19-16-32(20(2)18-33)38(35,36)27-10-9-23(22-7-4-6-21(12-22)14-29)13-25(27)37-26(19)17-31(3)28(34)24-8-5-11-30-15-24/h4-13,15,19-20,26,33H,16-18H2,1-3H3/t19-,20-,26+/m1/s1. The van der Waals surface area contributed by atoms with Gasteiger partial charge in [0.2, 0.25) is 10.0 Å². The number of amides is 1. The molecule has 1 N–H and O–H groups in total. The average molecular weight is 535 g/mol. The highest BCUT2D eigenvalue weighted by atomic mass is 32.2. The minimum atomic E-state index is -4.00. The third kappa shape index (κ3) is 5.55. The number of rotatable bonds is 6. The lowest BCUT2D eigenvalue weighted by Crippen LogP contribution is -2.50. The molecule has 0 unspecified atom stereocenters. The Labute approximate surface area is 223 Å². The van der Waals surface area contributed by atoms with E-state index in [1.807, 2.05) is 13.0 Å². The van der Waals surface area contributed by atoms with Gasteiger partial charge in [-0.1, -0.05) is 25.1 Å². The van der Waals surface area contributed by atoms with E-state index in [1.54, 1.807) is 62.6 Å². The van der Waals surface area contributed by atoms with Crippen molar-refractivity contribution in [2.45, 2.75) is 30.9 Å². The minimum Gasteiger partial charge on any atom is -0.487 e. The van der Waals surface area contributed by atoms with E-state index >= 15 is 0 Å². The molecule has 38 heavy (non-hydrogen) atoms. The molecule has 198 valence electrons. The normalized spacial score (nSPS) is 19.7. The highest BCUT2D eigenvalue weighted by Crippen LogP contribution is 2.36. The van der Waals surface area contributed by atoms with Crippen molar-refractivity contribution >= 4 is 15.9 Å². The fourth-order valence-electron chi connectivity index (χ4n) is 4.45. The molecule has 1 aromatic heterocycles. The van der Waals surface area contributed by atoms with Crippen LogP contribution in [0.25, 0.3) is 11.1 Å². The number of aliphatic hydroxyl groups is 1. The predicted octanol–water partition coefficient (Wildman–Crippen LogP) is 3.16. The van der Waals surface area contributed by atoms with Gasteiger partial charge in [0.15, 0.2) is 0 Å². The Morgan fingerprint density at radius 2 is 2.00 bits per heavy atom. The molecule has 10 heteroatoms. The SMILES string of the molecule is C[C@@H]1CN([C@H](C)CO)S(=O)(=O)c2ccc(-c3cccc(C#N)c3)cc2O[C@H]1CN(C)C(=O)c1cccnc1. The molecule has 3 aromatic rings. The number of aromatic nitrogens is 1. The second kappa shape index (κ2) is 11.3. The van der Waals surface area contributed by atoms with Crippen LogP contribution in [0.1, 0.15) is 29.8 Å². The molecule has 0 aliphatic carbocycles. The summed E-state index contributed by atoms with van der Waals surface area (Å²) >= 11 is 0. The first-order chi connectivity index (χ1) is 18.1. The number of nitrogens with zero attached hydrogens (tertiary/aromatic N) is 4. The Morgan fingerprint density at radius 1 is 1.24 bits per heavy atom. The molecular weight excluding hydrogens is 504 g/mol. The molecule has 0 saturated carbocycles. The van der Waals surface area contributed by atoms with Crippen molar-refractivity contribution in [3.63, 3.8) is 0 Å². The number of likely N-dealkylation sites (N-methyl/N-ethyl adjacent to an activating group) is 1. The largest absolute Gasteiger partial charge is 0.487 e. The molecule has 1 aliphatic heterocycles. The van der Waals surface area contributed by atoms with Crippen molar-refractivity contribution in [3.8, 4) is 22.9 Å². The van der Waals surface area contributed by atoms with Crippen LogP contribution in [-0.4, -0.2) is 72.5 Å². The van der Waals surface area contributed by atoms with Crippen molar-refractivity contribution in [2.24, 2.45) is 5.92 Å². The number of benzene rings is 2. The number of hydrogen-bond donors (Lipinski definition) is 1. The zero-order valence-corrected chi connectivity index (χ0v) is 22.3. The third-order valence-electron chi connectivity index (χ3n) is 6.70. The van der Waals surface area contributed by atoms with Crippen molar-refractivity contribution in [3.05, 3.63) is 78.1 Å². The zero-order chi connectivity index (χ0) is 27.4. The number of hydrogen-bond acceptors (Lipinski definition) is 7. The quantitative estimate of drug-likeness (QED) is 0.515. The van der Waals surface area contributed by atoms with Crippen LogP contribution < -0.4 is 4.74 Å². The summed E-state index contributed by atoms with van der Waals surface area (Å²) in [6.07, 6.45) is 2.54. The summed E-state index contributed by atoms with van der Waals surface area (Å²) in [7, 11) is -2.34. The molecule has 2 aromatic carbocycles. The van der Waals surface area contributed by atoms with Crippen LogP contribution in [0.15, 0.2) is 71.9 Å². The van der Waals surface area contributed by atoms with Gasteiger partial charge in [0.05, 0.1) is 30.3 Å². The van der Waals surface area contributed by atoms with Gasteiger partial charge in [0.1, 0.15) is 16.7 Å². The number of carbonyl (C=O) groups is 1. The summed E-state index contributed by atoms with van der Waals surface area (Å²) in [6, 6.07) is 16.7. The van der Waals surface area contributed by atoms with E-state index in [1.165, 1.54) is 21.5 Å². The van der Waals surface area contributed by atoms with Gasteiger partial charge in [-0.2, -0.15) is 9.57 Å². The van der Waals surface area contributed by atoms with Crippen molar-refractivity contribution in [2.75, 3.05) is 26.7 Å². The van der Waals surface area contributed by atoms with Gasteiger partial charge in [-0.3, -0.25) is 9.78 Å². The maximum atomic E-state index is 13.7. The molecule has 4 rings (SSSR count). The molecular formula is C28H30N4O5S. The van der Waals surface area contributed by atoms with Crippen LogP contribution in [0.5, 0.6) is 5.75 Å². The number of aliphatic hydroxyl groups excluding tert-OH is 1. The first-order valence-electron chi connectivity index (χ1n) is 12.2. The number of nitriles is 1. The van der Waals surface area contributed by atoms with E-state index in [0.29, 0.717) is 16.7 Å². The summed E-state index contributed by atoms with van der Waals surface area (Å²) < 4.78 is 35.1. The summed E-state index contributed by atoms with van der Waals surface area (Å²) in [5, 5.41) is 19.1. The smallest absolute Gasteiger partial charge is 0.255 e. The third-order valence-corrected chi connectivity index (χ3v) is 8.72. The van der Waals surface area contributed by atoms with Gasteiger partial charge in [-0.25, -0.2) is 8.42 Å². The Bertz CT molecular complexity index is 1460. The lowest BCUT2D eigenvalue weighted by atomic mass is 10.0. The maximum Gasteiger partial charge on any atom is 0.255 e. The lowest BCUT2D eigenvalue weighted by molar-refractivity contribution is 0.0563. The molecule has 1 amide bonds. The molecule has 0 fully saturated rings. The van der Waals surface area contributed by atoms with Gasteiger partial charge in [-0.15, -0.1) is 0 Å². The zero-order valence-electron chi connectivity index (χ0n) is 21.5. The fraction of sp³-hybridized carbons (Fsp3) is 0.321. The lowest BCUT2D eigenvalue weighted by Gasteiger charge is -2.37. The molecule has 9 nitrogen and oxygen atoms in total. The van der Waals surface area contributed by atoms with E-state index in [2.05, 4.69) is 11.1 Å². The Hall–Kier alpha value is -3.78. The molecule has 0 saturated heterocycles. The summed E-state index contributed by atoms with van der Waals surface area (Å²) in [5.41, 5.74) is 2.34. The topological polar surface area (TPSA) is 124 Å². The van der Waals surface area contributed by atoms with Crippen molar-refractivity contribution < 1.29 is 23.1 Å². The molecule has 0 bridgehead atoms. The fourth-order valence-corrected chi connectivity index (χ4v) is 6.28. The molecule has 0 radical (unpaired) electrons. The summed E-state index contributed by atoms with van der Waals surface area (Å²) in [4.78, 5) is 18.5. The van der Waals surface area contributed by atoms with Crippen LogP contribution >= 0.6 is 0 Å². The molecule has 2 heterocycles. The van der Waals surface area contributed by atoms with Crippen LogP contribution in [-0.2, 0) is 10.0 Å². The Kier molecular flexibility index (Phi) is 8.11. The van der Waals surface area contributed by atoms with E-state index in [9.17, 15) is 23.6 Å². The van der Waals surface area contributed by atoms with Crippen LogP contribution in [0.4, 0.5) is 0 Å². The summed E-state index contributed by atoms with van der Waals surface area (Å²) in [6.45, 7) is 3.48. The maximum absolute atomic E-state index is 13.7. The monoisotopic (exact) mass is 534 g/mol. The highest BCUT2D eigenvalue weighted by Gasteiger charge is 2.38. The number of ether oxygens (including phenoxy) is 1. The van der Waals surface area contributed by atoms with Gasteiger partial charge < -0.3 is 14.7 Å². The van der Waals surface area contributed by atoms with E-state index in [4.69, 9.17) is 4.74 Å². The Morgan fingerprint density at radius 3 is 2.68 bits per heavy atom. The minimum absolute atomic E-state index is 0.0175. The number of pyridine rings is 1. The Balaban J connectivity index is 1.76. The number of fused-ring (bicyclic) bond motifs is 1. The van der Waals surface area contributed by atoms with Gasteiger partial charge in [0.25, 0.3) is 5.91 Å². The second-order valence-electron chi connectivity index (χ2n) is 9.52. The van der Waals surface area contributed by atoms with E-state index in [0.717, 1.165) is 5.56 Å². The van der Waals surface area contributed by atoms with Crippen molar-refractivity contribution in [1.29, 1.82) is 5.26 Å². The first kappa shape index (κ1) is 27.3. The van der Waals surface area contributed by atoms with Crippen LogP contribution in [0.2, 0.25) is 0 Å². The van der Waals surface area contributed by atoms with Crippen molar-refractivity contribution in [1.82, 2.24) is 14.2 Å². The highest BCUT2D eigenvalue weighted by molar-refractivity contribution is 7.89. The summed E-state index contributed by atoms with van der Waals surface area (Å²) in [5.74, 6) is -0.396. The molecule has 0 spiro atoms. The van der Waals surface area contributed by atoms with Gasteiger partial charge in [-0.05, 0) is 54.4 Å². The van der Waals surface area contributed by atoms with Gasteiger partial charge >= 0.3 is 0 Å². The molecule has 3 atom stereocenters. The average Bonchev–Trinajstić information content (AvgIpc) is 2.94. The predicted molar refractivity (Wildman–Crippen MR) is 142 cm³/mol. The second-order valence-corrected chi connectivity index (χ2v) is 11.4. The number of sulfonamides is 1. The van der Waals surface area contributed by atoms with Gasteiger partial charge in [0, 0.05) is 37.9 Å². The first-order valence-corrected chi connectivity index (χ1v) is 13.7. The van der Waals surface area contributed by atoms with E-state index < -0.39 is 22.2 Å². The number of carbonyl (C=O) groups excluding carboxylic acids is 1.